The maximum atomic E-state index is 12.9. The zero-order valence-electron chi connectivity index (χ0n) is 15.4. The van der Waals surface area contributed by atoms with Gasteiger partial charge in [0.2, 0.25) is 5.13 Å². The van der Waals surface area contributed by atoms with E-state index >= 15 is 0 Å². The predicted molar refractivity (Wildman–Crippen MR) is 108 cm³/mol. The fourth-order valence-electron chi connectivity index (χ4n) is 2.74. The van der Waals surface area contributed by atoms with E-state index in [9.17, 15) is 9.59 Å². The van der Waals surface area contributed by atoms with Crippen LogP contribution in [0.4, 0.5) is 0 Å². The number of hydrogen-bond donors (Lipinski definition) is 2. The minimum absolute atomic E-state index is 0.156. The van der Waals surface area contributed by atoms with E-state index in [0.29, 0.717) is 39.3 Å². The molecule has 0 unspecified atom stereocenters. The van der Waals surface area contributed by atoms with Gasteiger partial charge in [-0.3, -0.25) is 14.7 Å². The summed E-state index contributed by atoms with van der Waals surface area (Å²) in [4.78, 5) is 30.1. The van der Waals surface area contributed by atoms with Crippen molar-refractivity contribution in [3.05, 3.63) is 67.0 Å². The quantitative estimate of drug-likeness (QED) is 0.658. The van der Waals surface area contributed by atoms with Crippen LogP contribution in [0.5, 0.6) is 0 Å². The summed E-state index contributed by atoms with van der Waals surface area (Å²) in [5, 5.41) is 7.05. The zero-order chi connectivity index (χ0) is 19.6. The highest BCUT2D eigenvalue weighted by molar-refractivity contribution is 7.16. The molecule has 0 aliphatic heterocycles. The van der Waals surface area contributed by atoms with Crippen molar-refractivity contribution in [2.24, 2.45) is 0 Å². The van der Waals surface area contributed by atoms with Crippen LogP contribution in [0.25, 0.3) is 5.13 Å². The van der Waals surface area contributed by atoms with E-state index in [4.69, 9.17) is 11.6 Å². The highest BCUT2D eigenvalue weighted by Crippen LogP contribution is 2.21. The van der Waals surface area contributed by atoms with Gasteiger partial charge in [-0.05, 0) is 38.0 Å². The lowest BCUT2D eigenvalue weighted by Gasteiger charge is -2.00. The third kappa shape index (κ3) is 4.14. The van der Waals surface area contributed by atoms with E-state index in [1.165, 1.54) is 16.0 Å². The second-order valence-corrected chi connectivity index (χ2v) is 7.74. The van der Waals surface area contributed by atoms with Gasteiger partial charge < -0.3 is 5.32 Å². The molecule has 2 aromatic heterocycles. The summed E-state index contributed by atoms with van der Waals surface area (Å²) in [5.74, 6) is -0.157. The Balaban J connectivity index is 1.91. The molecule has 0 radical (unpaired) electrons. The number of H-pyrrole nitrogens is 1. The van der Waals surface area contributed by atoms with Gasteiger partial charge in [0.15, 0.2) is 0 Å². The number of aromatic amines is 1. The van der Waals surface area contributed by atoms with Gasteiger partial charge in [-0.25, -0.2) is 4.98 Å². The Morgan fingerprint density at radius 1 is 1.30 bits per heavy atom. The SMILES string of the molecule is CCCNC(=O)c1sc(-n2[nH]c(C)c(Cc3ccc(Cl)cc3)c2=O)nc1C. The van der Waals surface area contributed by atoms with Gasteiger partial charge in [-0.15, -0.1) is 0 Å². The van der Waals surface area contributed by atoms with Gasteiger partial charge >= 0.3 is 0 Å². The molecular formula is C19H21ClN4O2S. The molecule has 0 saturated carbocycles. The first-order valence-corrected chi connectivity index (χ1v) is 9.91. The fourth-order valence-corrected chi connectivity index (χ4v) is 3.81. The number of aryl methyl sites for hydroxylation is 2. The topological polar surface area (TPSA) is 79.8 Å². The summed E-state index contributed by atoms with van der Waals surface area (Å²) in [7, 11) is 0. The molecule has 0 spiro atoms. The summed E-state index contributed by atoms with van der Waals surface area (Å²) in [6, 6.07) is 7.43. The number of rotatable bonds is 6. The van der Waals surface area contributed by atoms with Crippen molar-refractivity contribution in [2.75, 3.05) is 6.54 Å². The number of hydrogen-bond acceptors (Lipinski definition) is 4. The number of halogens is 1. The van der Waals surface area contributed by atoms with Gasteiger partial charge in [-0.2, -0.15) is 4.68 Å². The average molecular weight is 405 g/mol. The zero-order valence-corrected chi connectivity index (χ0v) is 17.0. The van der Waals surface area contributed by atoms with E-state index in [1.54, 1.807) is 6.92 Å². The molecule has 0 saturated heterocycles. The van der Waals surface area contributed by atoms with E-state index < -0.39 is 0 Å². The van der Waals surface area contributed by atoms with Crippen molar-refractivity contribution >= 4 is 28.8 Å². The van der Waals surface area contributed by atoms with E-state index in [2.05, 4.69) is 15.4 Å². The number of nitrogens with one attached hydrogen (secondary N) is 2. The average Bonchev–Trinajstić information content (AvgIpc) is 3.16. The number of nitrogens with zero attached hydrogens (tertiary/aromatic N) is 2. The van der Waals surface area contributed by atoms with Crippen LogP contribution in [0.3, 0.4) is 0 Å². The molecule has 0 aliphatic carbocycles. The number of carbonyl (C=O) groups excluding carboxylic acids is 1. The highest BCUT2D eigenvalue weighted by Gasteiger charge is 2.19. The van der Waals surface area contributed by atoms with Crippen LogP contribution in [0.1, 0.15) is 45.5 Å². The monoisotopic (exact) mass is 404 g/mol. The van der Waals surface area contributed by atoms with Gasteiger partial charge in [0.1, 0.15) is 4.88 Å². The first kappa shape index (κ1) is 19.4. The summed E-state index contributed by atoms with van der Waals surface area (Å²) in [5.41, 5.74) is 2.90. The Labute approximate surface area is 166 Å². The van der Waals surface area contributed by atoms with Gasteiger partial charge in [-0.1, -0.05) is 42.0 Å². The van der Waals surface area contributed by atoms with Crippen LogP contribution in [0.15, 0.2) is 29.1 Å². The molecule has 8 heteroatoms. The molecule has 27 heavy (non-hydrogen) atoms. The van der Waals surface area contributed by atoms with Crippen LogP contribution in [0.2, 0.25) is 5.02 Å². The smallest absolute Gasteiger partial charge is 0.277 e. The predicted octanol–water partition coefficient (Wildman–Crippen LogP) is 3.62. The molecule has 142 valence electrons. The molecule has 6 nitrogen and oxygen atoms in total. The summed E-state index contributed by atoms with van der Waals surface area (Å²) < 4.78 is 1.41. The second-order valence-electron chi connectivity index (χ2n) is 6.33. The van der Waals surface area contributed by atoms with Crippen molar-refractivity contribution in [2.45, 2.75) is 33.6 Å². The lowest BCUT2D eigenvalue weighted by Crippen LogP contribution is -2.23. The van der Waals surface area contributed by atoms with Crippen molar-refractivity contribution in [1.82, 2.24) is 20.1 Å². The molecule has 2 N–H and O–H groups in total. The van der Waals surface area contributed by atoms with Crippen LogP contribution in [0, 0.1) is 13.8 Å². The van der Waals surface area contributed by atoms with Crippen molar-refractivity contribution < 1.29 is 4.79 Å². The summed E-state index contributed by atoms with van der Waals surface area (Å²) in [6.07, 6.45) is 1.36. The third-order valence-corrected chi connectivity index (χ3v) is 5.60. The molecule has 0 fully saturated rings. The highest BCUT2D eigenvalue weighted by atomic mass is 35.5. The number of amides is 1. The first-order valence-electron chi connectivity index (χ1n) is 8.71. The minimum Gasteiger partial charge on any atom is -0.351 e. The molecule has 1 amide bonds. The molecule has 3 aromatic rings. The molecule has 0 aliphatic rings. The molecule has 0 atom stereocenters. The van der Waals surface area contributed by atoms with Crippen LogP contribution < -0.4 is 10.9 Å². The minimum atomic E-state index is -0.157. The second kappa shape index (κ2) is 8.10. The Morgan fingerprint density at radius 3 is 2.67 bits per heavy atom. The van der Waals surface area contributed by atoms with Gasteiger partial charge in [0, 0.05) is 29.2 Å². The number of benzene rings is 1. The number of thiazole rings is 1. The molecule has 0 bridgehead atoms. The standard InChI is InChI=1S/C19H21ClN4O2S/c1-4-9-21-17(25)16-12(3)22-19(27-16)24-18(26)15(11(2)23-24)10-13-5-7-14(20)8-6-13/h5-8,23H,4,9-10H2,1-3H3,(H,21,25). The van der Waals surface area contributed by atoms with E-state index in [0.717, 1.165) is 17.7 Å². The largest absolute Gasteiger partial charge is 0.351 e. The lowest BCUT2D eigenvalue weighted by atomic mass is 10.1. The number of carbonyl (C=O) groups is 1. The van der Waals surface area contributed by atoms with Gasteiger partial charge in [0.25, 0.3) is 11.5 Å². The normalized spacial score (nSPS) is 11.0. The van der Waals surface area contributed by atoms with Crippen LogP contribution >= 0.6 is 22.9 Å². The van der Waals surface area contributed by atoms with E-state index in [1.807, 2.05) is 38.1 Å². The lowest BCUT2D eigenvalue weighted by molar-refractivity contribution is 0.0957. The maximum absolute atomic E-state index is 12.9. The Morgan fingerprint density at radius 2 is 2.00 bits per heavy atom. The fraction of sp³-hybridized carbons (Fsp3) is 0.316. The Hall–Kier alpha value is -2.38. The third-order valence-electron chi connectivity index (χ3n) is 4.21. The summed E-state index contributed by atoms with van der Waals surface area (Å²) in [6.45, 7) is 6.24. The maximum Gasteiger partial charge on any atom is 0.277 e. The van der Waals surface area contributed by atoms with Gasteiger partial charge in [0.05, 0.1) is 5.69 Å². The summed E-state index contributed by atoms with van der Waals surface area (Å²) >= 11 is 7.13. The van der Waals surface area contributed by atoms with Crippen molar-refractivity contribution in [3.8, 4) is 5.13 Å². The van der Waals surface area contributed by atoms with Crippen LogP contribution in [-0.2, 0) is 6.42 Å². The van der Waals surface area contributed by atoms with Crippen LogP contribution in [-0.4, -0.2) is 27.2 Å². The van der Waals surface area contributed by atoms with E-state index in [-0.39, 0.29) is 11.5 Å². The van der Waals surface area contributed by atoms with Crippen molar-refractivity contribution in [1.29, 1.82) is 0 Å². The van der Waals surface area contributed by atoms with Crippen molar-refractivity contribution in [3.63, 3.8) is 0 Å². The number of aromatic nitrogens is 3. The molecule has 1 aromatic carbocycles. The Bertz CT molecular complexity index is 1020. The molecular weight excluding hydrogens is 384 g/mol. The molecule has 3 rings (SSSR count). The first-order chi connectivity index (χ1) is 12.9. The molecule has 2 heterocycles. The Kier molecular flexibility index (Phi) is 5.82.